The number of hydrogen-bond acceptors (Lipinski definition) is 3. The first kappa shape index (κ1) is 13.4. The van der Waals surface area contributed by atoms with E-state index in [0.717, 1.165) is 12.1 Å². The van der Waals surface area contributed by atoms with Gasteiger partial charge in [-0.1, -0.05) is 24.6 Å². The van der Waals surface area contributed by atoms with Gasteiger partial charge in [-0.05, 0) is 32.5 Å². The van der Waals surface area contributed by atoms with Crippen molar-refractivity contribution in [3.8, 4) is 0 Å². The summed E-state index contributed by atoms with van der Waals surface area (Å²) in [6, 6.07) is 7.00. The minimum absolute atomic E-state index is 0.149. The van der Waals surface area contributed by atoms with Crippen molar-refractivity contribution < 1.29 is 4.92 Å². The second-order valence-corrected chi connectivity index (χ2v) is 3.98. The highest BCUT2D eigenvalue weighted by Crippen LogP contribution is 2.21. The Kier molecular flexibility index (Phi) is 4.84. The molecule has 4 heteroatoms. The van der Waals surface area contributed by atoms with E-state index < -0.39 is 0 Å². The summed E-state index contributed by atoms with van der Waals surface area (Å²) in [6.45, 7) is 6.94. The smallest absolute Gasteiger partial charge is 0.276 e. The normalized spacial score (nSPS) is 13.5. The Morgan fingerprint density at radius 3 is 2.76 bits per heavy atom. The average Bonchev–Trinajstić information content (AvgIpc) is 2.29. The zero-order valence-electron chi connectivity index (χ0n) is 10.4. The molecule has 1 aromatic rings. The molecular formula is C13H18N2O2. The molecule has 0 aliphatic rings. The first-order valence-electron chi connectivity index (χ1n) is 5.71. The number of benzene rings is 1. The number of likely N-dealkylation sites (N-methyl/N-ethyl adjacent to an activating group) is 1. The number of nitrogens with zero attached hydrogens (tertiary/aromatic N) is 1. The molecule has 1 atom stereocenters. The topological polar surface area (TPSA) is 55.2 Å². The Morgan fingerprint density at radius 2 is 2.18 bits per heavy atom. The zero-order valence-corrected chi connectivity index (χ0v) is 10.4. The quantitative estimate of drug-likeness (QED) is 0.629. The summed E-state index contributed by atoms with van der Waals surface area (Å²) >= 11 is 0. The van der Waals surface area contributed by atoms with Crippen LogP contribution in [0.3, 0.4) is 0 Å². The summed E-state index contributed by atoms with van der Waals surface area (Å²) in [4.78, 5) is 10.5. The van der Waals surface area contributed by atoms with Gasteiger partial charge in [-0.15, -0.1) is 0 Å². The molecule has 0 radical (unpaired) electrons. The standard InChI is InChI=1S/C13H18N2O2/c1-4-14-11(3)10(2)9-12-7-5-6-8-13(12)15(16)17/h5-9,11,14H,4H2,1-3H3/b10-9+. The number of nitrogens with one attached hydrogen (secondary N) is 1. The Bertz CT molecular complexity index is 427. The fourth-order valence-electron chi connectivity index (χ4n) is 1.61. The van der Waals surface area contributed by atoms with Crippen LogP contribution in [0.5, 0.6) is 0 Å². The van der Waals surface area contributed by atoms with E-state index in [0.29, 0.717) is 5.56 Å². The molecule has 1 N–H and O–H groups in total. The van der Waals surface area contributed by atoms with Crippen LogP contribution in [0, 0.1) is 10.1 Å². The Labute approximate surface area is 101 Å². The highest BCUT2D eigenvalue weighted by molar-refractivity contribution is 5.63. The SMILES string of the molecule is CCNC(C)/C(C)=C/c1ccccc1[N+](=O)[O-]. The van der Waals surface area contributed by atoms with Gasteiger partial charge in [-0.3, -0.25) is 10.1 Å². The first-order valence-corrected chi connectivity index (χ1v) is 5.71. The second-order valence-electron chi connectivity index (χ2n) is 3.98. The molecule has 0 spiro atoms. The first-order chi connectivity index (χ1) is 8.06. The van der Waals surface area contributed by atoms with E-state index in [4.69, 9.17) is 0 Å². The van der Waals surface area contributed by atoms with Crippen molar-refractivity contribution in [2.24, 2.45) is 0 Å². The van der Waals surface area contributed by atoms with Crippen LogP contribution in [0.25, 0.3) is 6.08 Å². The van der Waals surface area contributed by atoms with Crippen molar-refractivity contribution >= 4 is 11.8 Å². The summed E-state index contributed by atoms with van der Waals surface area (Å²) in [5.41, 5.74) is 1.89. The molecule has 0 aromatic heterocycles. The Balaban J connectivity index is 3.01. The average molecular weight is 234 g/mol. The molecule has 0 amide bonds. The van der Waals surface area contributed by atoms with E-state index in [9.17, 15) is 10.1 Å². The lowest BCUT2D eigenvalue weighted by Crippen LogP contribution is -2.26. The molecule has 0 aliphatic carbocycles. The van der Waals surface area contributed by atoms with E-state index in [-0.39, 0.29) is 16.7 Å². The predicted molar refractivity (Wildman–Crippen MR) is 69.9 cm³/mol. The van der Waals surface area contributed by atoms with Crippen molar-refractivity contribution in [3.05, 3.63) is 45.5 Å². The summed E-state index contributed by atoms with van der Waals surface area (Å²) < 4.78 is 0. The number of rotatable bonds is 5. The maximum absolute atomic E-state index is 10.9. The molecule has 0 bridgehead atoms. The van der Waals surface area contributed by atoms with Gasteiger partial charge in [0.2, 0.25) is 0 Å². The van der Waals surface area contributed by atoms with Gasteiger partial charge in [-0.2, -0.15) is 0 Å². The predicted octanol–water partition coefficient (Wildman–Crippen LogP) is 3.00. The minimum Gasteiger partial charge on any atom is -0.311 e. The lowest BCUT2D eigenvalue weighted by atomic mass is 10.1. The van der Waals surface area contributed by atoms with Crippen LogP contribution >= 0.6 is 0 Å². The molecule has 0 saturated heterocycles. The third-order valence-electron chi connectivity index (χ3n) is 2.71. The van der Waals surface area contributed by atoms with Crippen molar-refractivity contribution in [1.82, 2.24) is 5.32 Å². The number of hydrogen-bond donors (Lipinski definition) is 1. The van der Waals surface area contributed by atoms with Crippen LogP contribution in [0.15, 0.2) is 29.8 Å². The zero-order chi connectivity index (χ0) is 12.8. The molecule has 1 unspecified atom stereocenters. The Morgan fingerprint density at radius 1 is 1.53 bits per heavy atom. The van der Waals surface area contributed by atoms with E-state index in [2.05, 4.69) is 5.32 Å². The summed E-state index contributed by atoms with van der Waals surface area (Å²) in [7, 11) is 0. The highest BCUT2D eigenvalue weighted by atomic mass is 16.6. The lowest BCUT2D eigenvalue weighted by molar-refractivity contribution is -0.385. The molecule has 0 aliphatic heterocycles. The molecule has 1 aromatic carbocycles. The van der Waals surface area contributed by atoms with Crippen molar-refractivity contribution in [2.45, 2.75) is 26.8 Å². The van der Waals surface area contributed by atoms with Gasteiger partial charge in [0.25, 0.3) is 5.69 Å². The van der Waals surface area contributed by atoms with E-state index in [1.165, 1.54) is 6.07 Å². The van der Waals surface area contributed by atoms with Gasteiger partial charge in [0.05, 0.1) is 10.5 Å². The fourth-order valence-corrected chi connectivity index (χ4v) is 1.61. The molecule has 0 saturated carbocycles. The van der Waals surface area contributed by atoms with E-state index >= 15 is 0 Å². The van der Waals surface area contributed by atoms with Crippen LogP contribution in [-0.2, 0) is 0 Å². The van der Waals surface area contributed by atoms with E-state index in [1.54, 1.807) is 12.1 Å². The highest BCUT2D eigenvalue weighted by Gasteiger charge is 2.11. The van der Waals surface area contributed by atoms with E-state index in [1.807, 2.05) is 32.9 Å². The van der Waals surface area contributed by atoms with Crippen LogP contribution in [-0.4, -0.2) is 17.5 Å². The van der Waals surface area contributed by atoms with Gasteiger partial charge < -0.3 is 5.32 Å². The van der Waals surface area contributed by atoms with Crippen LogP contribution < -0.4 is 5.32 Å². The lowest BCUT2D eigenvalue weighted by Gasteiger charge is -2.12. The summed E-state index contributed by atoms with van der Waals surface area (Å²) in [6.07, 6.45) is 1.87. The van der Waals surface area contributed by atoms with Gasteiger partial charge in [0.15, 0.2) is 0 Å². The molecule has 92 valence electrons. The minimum atomic E-state index is -0.350. The maximum atomic E-state index is 10.9. The molecule has 4 nitrogen and oxygen atoms in total. The molecule has 17 heavy (non-hydrogen) atoms. The van der Waals surface area contributed by atoms with Gasteiger partial charge in [0.1, 0.15) is 0 Å². The molecule has 1 rings (SSSR count). The summed E-state index contributed by atoms with van der Waals surface area (Å²) in [5, 5.41) is 14.1. The largest absolute Gasteiger partial charge is 0.311 e. The number of nitro groups is 1. The fraction of sp³-hybridized carbons (Fsp3) is 0.385. The Hall–Kier alpha value is -1.68. The van der Waals surface area contributed by atoms with Crippen molar-refractivity contribution in [3.63, 3.8) is 0 Å². The van der Waals surface area contributed by atoms with Gasteiger partial charge in [0, 0.05) is 12.1 Å². The third-order valence-corrected chi connectivity index (χ3v) is 2.71. The third kappa shape index (κ3) is 3.67. The number of para-hydroxylation sites is 1. The molecule has 0 heterocycles. The maximum Gasteiger partial charge on any atom is 0.276 e. The van der Waals surface area contributed by atoms with Crippen LogP contribution in [0.1, 0.15) is 26.3 Å². The second kappa shape index (κ2) is 6.15. The monoisotopic (exact) mass is 234 g/mol. The van der Waals surface area contributed by atoms with Crippen molar-refractivity contribution in [2.75, 3.05) is 6.54 Å². The van der Waals surface area contributed by atoms with Gasteiger partial charge >= 0.3 is 0 Å². The molecule has 0 fully saturated rings. The van der Waals surface area contributed by atoms with Crippen molar-refractivity contribution in [1.29, 1.82) is 0 Å². The van der Waals surface area contributed by atoms with Crippen LogP contribution in [0.2, 0.25) is 0 Å². The van der Waals surface area contributed by atoms with Gasteiger partial charge in [-0.25, -0.2) is 0 Å². The molecular weight excluding hydrogens is 216 g/mol. The summed E-state index contributed by atoms with van der Waals surface area (Å²) in [5.74, 6) is 0. The van der Waals surface area contributed by atoms with Crippen LogP contribution in [0.4, 0.5) is 5.69 Å². The number of nitro benzene ring substituents is 1.